The molecule has 4 aliphatic heterocycles. The van der Waals surface area contributed by atoms with Crippen LogP contribution in [0.4, 0.5) is 19.4 Å². The van der Waals surface area contributed by atoms with Gasteiger partial charge in [0.05, 0.1) is 17.0 Å². The Hall–Kier alpha value is -2.53. The Morgan fingerprint density at radius 3 is 2.84 bits per heavy atom. The van der Waals surface area contributed by atoms with Crippen molar-refractivity contribution in [3.8, 4) is 6.01 Å². The van der Waals surface area contributed by atoms with Gasteiger partial charge >= 0.3 is 12.1 Å². The molecule has 6 rings (SSSR count). The molecule has 12 heteroatoms. The highest BCUT2D eigenvalue weighted by Crippen LogP contribution is 2.41. The Bertz CT molecular complexity index is 1260. The number of hydrogen-bond acceptors (Lipinski definition) is 8. The summed E-state index contributed by atoms with van der Waals surface area (Å²) in [5.41, 5.74) is -0.937. The van der Waals surface area contributed by atoms with Crippen LogP contribution in [0.15, 0.2) is 6.20 Å². The molecule has 4 atom stereocenters. The Morgan fingerprint density at radius 1 is 1.24 bits per heavy atom. The van der Waals surface area contributed by atoms with Gasteiger partial charge in [0.25, 0.3) is 0 Å². The lowest BCUT2D eigenvalue weighted by molar-refractivity contribution is 0.0233. The predicted octanol–water partition coefficient (Wildman–Crippen LogP) is 4.22. The number of rotatable bonds is 4. The van der Waals surface area contributed by atoms with E-state index >= 15 is 4.39 Å². The molecule has 1 amide bonds. The second-order valence-electron chi connectivity index (χ2n) is 12.1. The molecule has 0 aliphatic carbocycles. The van der Waals surface area contributed by atoms with E-state index in [2.05, 4.69) is 14.9 Å². The van der Waals surface area contributed by atoms with Gasteiger partial charge in [-0.25, -0.2) is 18.6 Å². The fourth-order valence-corrected chi connectivity index (χ4v) is 6.77. The quantitative estimate of drug-likeness (QED) is 0.523. The van der Waals surface area contributed by atoms with E-state index in [1.165, 1.54) is 6.20 Å². The number of alkyl halides is 1. The van der Waals surface area contributed by atoms with E-state index in [-0.39, 0.29) is 46.9 Å². The number of amides is 1. The predicted molar refractivity (Wildman–Crippen MR) is 138 cm³/mol. The zero-order valence-electron chi connectivity index (χ0n) is 21.9. The molecular weight excluding hydrogens is 518 g/mol. The van der Waals surface area contributed by atoms with E-state index in [0.29, 0.717) is 43.8 Å². The third-order valence-corrected chi connectivity index (χ3v) is 8.43. The fourth-order valence-electron chi connectivity index (χ4n) is 6.63. The van der Waals surface area contributed by atoms with Crippen molar-refractivity contribution in [1.29, 1.82) is 0 Å². The van der Waals surface area contributed by atoms with Crippen LogP contribution in [0, 0.1) is 11.7 Å². The van der Waals surface area contributed by atoms with Crippen molar-refractivity contribution in [3.05, 3.63) is 17.2 Å². The van der Waals surface area contributed by atoms with Crippen LogP contribution in [0.3, 0.4) is 0 Å². The summed E-state index contributed by atoms with van der Waals surface area (Å²) in [7, 11) is 0. The molecule has 4 saturated heterocycles. The Morgan fingerprint density at radius 2 is 2.05 bits per heavy atom. The molecular formula is C26H33ClF2N6O3. The summed E-state index contributed by atoms with van der Waals surface area (Å²) in [4.78, 5) is 31.9. The molecule has 6 heterocycles. The minimum atomic E-state index is -0.883. The number of likely N-dealkylation sites (tertiary alicyclic amines) is 1. The van der Waals surface area contributed by atoms with Crippen molar-refractivity contribution < 1.29 is 23.0 Å². The second-order valence-corrected chi connectivity index (χ2v) is 12.5. The minimum absolute atomic E-state index is 0.0270. The van der Waals surface area contributed by atoms with Gasteiger partial charge in [0.15, 0.2) is 11.0 Å². The van der Waals surface area contributed by atoms with Crippen LogP contribution in [-0.2, 0) is 4.74 Å². The van der Waals surface area contributed by atoms with Crippen LogP contribution in [0.2, 0.25) is 5.15 Å². The van der Waals surface area contributed by atoms with Crippen molar-refractivity contribution in [3.63, 3.8) is 0 Å². The van der Waals surface area contributed by atoms with E-state index < -0.39 is 17.6 Å². The number of ether oxygens (including phenoxy) is 2. The van der Waals surface area contributed by atoms with Crippen LogP contribution < -0.4 is 9.64 Å². The number of carbonyl (C=O) groups excluding carboxylic acids is 1. The summed E-state index contributed by atoms with van der Waals surface area (Å²) < 4.78 is 41.1. The lowest BCUT2D eigenvalue weighted by atomic mass is 9.95. The van der Waals surface area contributed by atoms with Crippen LogP contribution in [0.25, 0.3) is 10.9 Å². The van der Waals surface area contributed by atoms with Gasteiger partial charge in [0.1, 0.15) is 29.7 Å². The van der Waals surface area contributed by atoms with E-state index in [4.69, 9.17) is 26.1 Å². The first-order valence-corrected chi connectivity index (χ1v) is 13.7. The number of halogens is 3. The zero-order valence-corrected chi connectivity index (χ0v) is 22.7. The maximum Gasteiger partial charge on any atom is 0.410 e. The first-order chi connectivity index (χ1) is 18.0. The molecule has 0 aromatic carbocycles. The minimum Gasteiger partial charge on any atom is -0.461 e. The molecule has 2 aromatic heterocycles. The first kappa shape index (κ1) is 25.7. The summed E-state index contributed by atoms with van der Waals surface area (Å²) in [6, 6.07) is -0.0341. The highest BCUT2D eigenvalue weighted by molar-refractivity contribution is 6.30. The molecule has 4 aliphatic rings. The van der Waals surface area contributed by atoms with Crippen LogP contribution >= 0.6 is 11.6 Å². The number of piperidine rings is 1. The molecule has 9 nitrogen and oxygen atoms in total. The van der Waals surface area contributed by atoms with Crippen molar-refractivity contribution >= 4 is 34.4 Å². The second kappa shape index (κ2) is 9.29. The third-order valence-electron chi connectivity index (χ3n) is 8.17. The summed E-state index contributed by atoms with van der Waals surface area (Å²) in [6.45, 7) is 8.76. The van der Waals surface area contributed by atoms with Crippen LogP contribution in [0.1, 0.15) is 46.5 Å². The molecule has 0 spiro atoms. The Kier molecular flexibility index (Phi) is 6.29. The molecule has 0 saturated carbocycles. The average Bonchev–Trinajstić information content (AvgIpc) is 3.47. The highest BCUT2D eigenvalue weighted by atomic mass is 35.5. The topological polar surface area (TPSA) is 83.9 Å². The van der Waals surface area contributed by atoms with Crippen molar-refractivity contribution in [2.75, 3.05) is 44.2 Å². The van der Waals surface area contributed by atoms with Gasteiger partial charge in [-0.15, -0.1) is 0 Å². The molecule has 2 aromatic rings. The van der Waals surface area contributed by atoms with Gasteiger partial charge in [-0.2, -0.15) is 9.97 Å². The standard InChI is InChI=1S/C26H33ClF2N6O3/c1-25(2,3)38-24(36)35-11-15-7-17(35)13-33(10-15)22-18-9-30-21(27)19(29)20(18)31-23(32-22)37-14-26-5-4-6-34(26)12-16(28)8-26/h9,15-17H,4-8,10-14H2,1-3H3/t15-,16-,17+,26+/m1/s1. The van der Waals surface area contributed by atoms with Crippen molar-refractivity contribution in [2.24, 2.45) is 5.92 Å². The van der Waals surface area contributed by atoms with E-state index in [1.54, 1.807) is 4.90 Å². The number of anilines is 1. The summed E-state index contributed by atoms with van der Waals surface area (Å²) >= 11 is 6.00. The number of carbonyl (C=O) groups is 1. The molecule has 0 radical (unpaired) electrons. The van der Waals surface area contributed by atoms with Crippen LogP contribution in [0.5, 0.6) is 6.01 Å². The lowest BCUT2D eigenvalue weighted by Crippen LogP contribution is -2.46. The van der Waals surface area contributed by atoms with Gasteiger partial charge in [0.2, 0.25) is 0 Å². The monoisotopic (exact) mass is 550 g/mol. The number of pyridine rings is 1. The highest BCUT2D eigenvalue weighted by Gasteiger charge is 2.49. The molecule has 2 bridgehead atoms. The molecule has 0 unspecified atom stereocenters. The summed E-state index contributed by atoms with van der Waals surface area (Å²) in [6.07, 6.45) is 3.37. The first-order valence-electron chi connectivity index (χ1n) is 13.3. The SMILES string of the molecule is CC(C)(C)OC(=O)N1C[C@@H]2C[C@H]1CN(c1nc(OC[C@@]34CCCN3C[C@H](F)C4)nc3c(F)c(Cl)ncc13)C2. The molecule has 4 fully saturated rings. The van der Waals surface area contributed by atoms with Crippen molar-refractivity contribution in [2.45, 2.75) is 69.8 Å². The third kappa shape index (κ3) is 4.61. The largest absolute Gasteiger partial charge is 0.461 e. The maximum absolute atomic E-state index is 15.1. The smallest absolute Gasteiger partial charge is 0.410 e. The molecule has 38 heavy (non-hydrogen) atoms. The normalized spacial score (nSPS) is 29.3. The van der Waals surface area contributed by atoms with Gasteiger partial charge in [-0.3, -0.25) is 4.90 Å². The number of hydrogen-bond donors (Lipinski definition) is 0. The molecule has 206 valence electrons. The average molecular weight is 551 g/mol. The van der Waals surface area contributed by atoms with Gasteiger partial charge < -0.3 is 19.3 Å². The fraction of sp³-hybridized carbons (Fsp3) is 0.692. The number of fused-ring (bicyclic) bond motifs is 4. The zero-order chi connectivity index (χ0) is 26.8. The van der Waals surface area contributed by atoms with Gasteiger partial charge in [0, 0.05) is 38.8 Å². The van der Waals surface area contributed by atoms with E-state index in [1.807, 2.05) is 25.7 Å². The maximum atomic E-state index is 15.1. The molecule has 0 N–H and O–H groups in total. The van der Waals surface area contributed by atoms with Gasteiger partial charge in [-0.1, -0.05) is 11.6 Å². The summed E-state index contributed by atoms with van der Waals surface area (Å²) in [5, 5.41) is 0.147. The Labute approximate surface area is 225 Å². The van der Waals surface area contributed by atoms with Gasteiger partial charge in [-0.05, 0) is 52.5 Å². The number of aromatic nitrogens is 3. The van der Waals surface area contributed by atoms with Crippen LogP contribution in [-0.4, -0.2) is 93.5 Å². The van der Waals surface area contributed by atoms with Crippen molar-refractivity contribution in [1.82, 2.24) is 24.8 Å². The Balaban J connectivity index is 1.29. The van der Waals surface area contributed by atoms with E-state index in [9.17, 15) is 9.18 Å². The van der Waals surface area contributed by atoms with E-state index in [0.717, 1.165) is 25.8 Å². The lowest BCUT2D eigenvalue weighted by Gasteiger charge is -2.34. The number of nitrogens with zero attached hydrogens (tertiary/aromatic N) is 6. The summed E-state index contributed by atoms with van der Waals surface area (Å²) in [5.74, 6) is -0.0329.